The van der Waals surface area contributed by atoms with Crippen LogP contribution in [-0.4, -0.2) is 15.7 Å². The highest BCUT2D eigenvalue weighted by molar-refractivity contribution is 6.01. The first-order valence-corrected chi connectivity index (χ1v) is 6.94. The summed E-state index contributed by atoms with van der Waals surface area (Å²) in [4.78, 5) is 12.1. The second-order valence-corrected chi connectivity index (χ2v) is 5.03. The number of amides is 1. The molecule has 1 amide bonds. The Kier molecular flexibility index (Phi) is 3.88. The molecule has 2 heterocycles. The summed E-state index contributed by atoms with van der Waals surface area (Å²) in [5.41, 5.74) is -0.559. The number of rotatable bonds is 3. The van der Waals surface area contributed by atoms with Crippen LogP contribution in [0.25, 0.3) is 5.69 Å². The Bertz CT molecular complexity index is 867. The van der Waals surface area contributed by atoms with E-state index in [-0.39, 0.29) is 17.3 Å². The van der Waals surface area contributed by atoms with Crippen molar-refractivity contribution in [2.75, 3.05) is 5.32 Å². The number of nitrogens with one attached hydrogen (secondary N) is 1. The minimum atomic E-state index is -4.54. The molecule has 0 radical (unpaired) electrons. The van der Waals surface area contributed by atoms with Gasteiger partial charge in [-0.05, 0) is 31.2 Å². The van der Waals surface area contributed by atoms with Gasteiger partial charge in [-0.2, -0.15) is 18.3 Å². The lowest BCUT2D eigenvalue weighted by molar-refractivity contribution is -0.137. The molecular formula is C16H12F3N3O2. The van der Waals surface area contributed by atoms with Crippen molar-refractivity contribution >= 4 is 11.7 Å². The highest BCUT2D eigenvalue weighted by atomic mass is 19.4. The van der Waals surface area contributed by atoms with E-state index < -0.39 is 17.6 Å². The Morgan fingerprint density at radius 2 is 1.96 bits per heavy atom. The molecule has 0 spiro atoms. The van der Waals surface area contributed by atoms with Crippen LogP contribution in [0.2, 0.25) is 0 Å². The van der Waals surface area contributed by atoms with Crippen LogP contribution in [0.5, 0.6) is 0 Å². The largest absolute Gasteiger partial charge is 0.459 e. The Labute approximate surface area is 134 Å². The van der Waals surface area contributed by atoms with Crippen LogP contribution in [-0.2, 0) is 6.18 Å². The van der Waals surface area contributed by atoms with Crippen molar-refractivity contribution in [1.29, 1.82) is 0 Å². The van der Waals surface area contributed by atoms with Gasteiger partial charge in [0.25, 0.3) is 5.91 Å². The molecule has 0 atom stereocenters. The SMILES string of the molecule is Cc1cc(NC(=O)c2ccco2)n(-c2ccccc2C(F)(F)F)n1. The summed E-state index contributed by atoms with van der Waals surface area (Å²) < 4.78 is 45.7. The van der Waals surface area contributed by atoms with E-state index in [2.05, 4.69) is 10.4 Å². The summed E-state index contributed by atoms with van der Waals surface area (Å²) in [7, 11) is 0. The number of alkyl halides is 3. The number of carbonyl (C=O) groups is 1. The second kappa shape index (κ2) is 5.88. The smallest absolute Gasteiger partial charge is 0.418 e. The number of nitrogens with zero attached hydrogens (tertiary/aromatic N) is 2. The maximum Gasteiger partial charge on any atom is 0.418 e. The van der Waals surface area contributed by atoms with E-state index >= 15 is 0 Å². The molecule has 24 heavy (non-hydrogen) atoms. The monoisotopic (exact) mass is 335 g/mol. The van der Waals surface area contributed by atoms with E-state index in [1.54, 1.807) is 6.92 Å². The van der Waals surface area contributed by atoms with Gasteiger partial charge in [0, 0.05) is 6.07 Å². The summed E-state index contributed by atoms with van der Waals surface area (Å²) in [6, 6.07) is 9.49. The van der Waals surface area contributed by atoms with E-state index in [4.69, 9.17) is 4.42 Å². The summed E-state index contributed by atoms with van der Waals surface area (Å²) in [5, 5.41) is 6.57. The minimum absolute atomic E-state index is 0.0458. The molecule has 3 rings (SSSR count). The molecule has 3 aromatic rings. The molecule has 0 aliphatic heterocycles. The Hall–Kier alpha value is -3.03. The maximum absolute atomic E-state index is 13.2. The number of aryl methyl sites for hydroxylation is 1. The highest BCUT2D eigenvalue weighted by Crippen LogP contribution is 2.34. The minimum Gasteiger partial charge on any atom is -0.459 e. The zero-order valence-corrected chi connectivity index (χ0v) is 12.5. The molecule has 0 unspecified atom stereocenters. The third-order valence-electron chi connectivity index (χ3n) is 3.26. The number of aromatic nitrogens is 2. The number of furan rings is 1. The predicted octanol–water partition coefficient (Wildman–Crippen LogP) is 4.04. The molecule has 0 fully saturated rings. The molecule has 1 aromatic carbocycles. The molecule has 124 valence electrons. The second-order valence-electron chi connectivity index (χ2n) is 5.03. The number of anilines is 1. The molecular weight excluding hydrogens is 323 g/mol. The lowest BCUT2D eigenvalue weighted by atomic mass is 10.1. The average molecular weight is 335 g/mol. The Balaban J connectivity index is 2.03. The summed E-state index contributed by atoms with van der Waals surface area (Å²) in [6.07, 6.45) is -3.21. The third-order valence-corrected chi connectivity index (χ3v) is 3.26. The van der Waals surface area contributed by atoms with Gasteiger partial charge < -0.3 is 9.73 Å². The average Bonchev–Trinajstić information content (AvgIpc) is 3.16. The van der Waals surface area contributed by atoms with Gasteiger partial charge in [0.2, 0.25) is 0 Å². The van der Waals surface area contributed by atoms with Crippen molar-refractivity contribution in [3.05, 3.63) is 65.7 Å². The van der Waals surface area contributed by atoms with Gasteiger partial charge in [-0.3, -0.25) is 4.79 Å². The molecule has 0 aliphatic carbocycles. The first-order valence-electron chi connectivity index (χ1n) is 6.94. The van der Waals surface area contributed by atoms with E-state index in [1.807, 2.05) is 0 Å². The van der Waals surface area contributed by atoms with Crippen molar-refractivity contribution in [1.82, 2.24) is 9.78 Å². The maximum atomic E-state index is 13.2. The molecule has 8 heteroatoms. The van der Waals surface area contributed by atoms with Gasteiger partial charge in [-0.25, -0.2) is 4.68 Å². The van der Waals surface area contributed by atoms with Gasteiger partial charge in [0.1, 0.15) is 5.82 Å². The van der Waals surface area contributed by atoms with Crippen LogP contribution < -0.4 is 5.32 Å². The van der Waals surface area contributed by atoms with Gasteiger partial charge >= 0.3 is 6.18 Å². The molecule has 1 N–H and O–H groups in total. The van der Waals surface area contributed by atoms with Crippen molar-refractivity contribution < 1.29 is 22.4 Å². The van der Waals surface area contributed by atoms with Crippen LogP contribution in [0.1, 0.15) is 21.8 Å². The summed E-state index contributed by atoms with van der Waals surface area (Å²) >= 11 is 0. The van der Waals surface area contributed by atoms with Crippen LogP contribution in [0.15, 0.2) is 53.1 Å². The van der Waals surface area contributed by atoms with Gasteiger partial charge in [-0.1, -0.05) is 12.1 Å². The summed E-state index contributed by atoms with van der Waals surface area (Å²) in [6.45, 7) is 1.62. The van der Waals surface area contributed by atoms with Crippen molar-refractivity contribution in [2.45, 2.75) is 13.1 Å². The van der Waals surface area contributed by atoms with Crippen molar-refractivity contribution in [2.24, 2.45) is 0 Å². The van der Waals surface area contributed by atoms with E-state index in [0.29, 0.717) is 5.69 Å². The standard InChI is InChI=1S/C16H12F3N3O2/c1-10-9-14(20-15(23)13-7-4-8-24-13)22(21-10)12-6-3-2-5-11(12)16(17,18)19/h2-9H,1H3,(H,20,23). The normalized spacial score (nSPS) is 11.5. The molecule has 0 saturated carbocycles. The third kappa shape index (κ3) is 3.03. The number of benzene rings is 1. The Morgan fingerprint density at radius 3 is 2.62 bits per heavy atom. The topological polar surface area (TPSA) is 60.1 Å². The fourth-order valence-electron chi connectivity index (χ4n) is 2.26. The molecule has 0 aliphatic rings. The van der Waals surface area contributed by atoms with Crippen molar-refractivity contribution in [3.63, 3.8) is 0 Å². The zero-order chi connectivity index (χ0) is 17.3. The van der Waals surface area contributed by atoms with Crippen LogP contribution in [0, 0.1) is 6.92 Å². The van der Waals surface area contributed by atoms with Crippen LogP contribution in [0.4, 0.5) is 19.0 Å². The lowest BCUT2D eigenvalue weighted by Crippen LogP contribution is -2.17. The molecule has 2 aromatic heterocycles. The predicted molar refractivity (Wildman–Crippen MR) is 80.0 cm³/mol. The van der Waals surface area contributed by atoms with Crippen LogP contribution in [0.3, 0.4) is 0 Å². The number of hydrogen-bond donors (Lipinski definition) is 1. The van der Waals surface area contributed by atoms with Gasteiger partial charge in [-0.15, -0.1) is 0 Å². The zero-order valence-electron chi connectivity index (χ0n) is 12.5. The summed E-state index contributed by atoms with van der Waals surface area (Å²) in [5.74, 6) is -0.416. The first-order chi connectivity index (χ1) is 11.4. The molecule has 5 nitrogen and oxygen atoms in total. The van der Waals surface area contributed by atoms with Gasteiger partial charge in [0.15, 0.2) is 5.76 Å². The lowest BCUT2D eigenvalue weighted by Gasteiger charge is -2.14. The fraction of sp³-hybridized carbons (Fsp3) is 0.125. The number of para-hydroxylation sites is 1. The van der Waals surface area contributed by atoms with E-state index in [9.17, 15) is 18.0 Å². The van der Waals surface area contributed by atoms with Crippen LogP contribution >= 0.6 is 0 Å². The van der Waals surface area contributed by atoms with E-state index in [1.165, 1.54) is 42.7 Å². The Morgan fingerprint density at radius 1 is 1.21 bits per heavy atom. The van der Waals surface area contributed by atoms with Crippen molar-refractivity contribution in [3.8, 4) is 5.69 Å². The quantitative estimate of drug-likeness (QED) is 0.786. The number of carbonyl (C=O) groups excluding carboxylic acids is 1. The highest BCUT2D eigenvalue weighted by Gasteiger charge is 2.34. The number of hydrogen-bond acceptors (Lipinski definition) is 3. The van der Waals surface area contributed by atoms with Gasteiger partial charge in [0.05, 0.1) is 23.2 Å². The fourth-order valence-corrected chi connectivity index (χ4v) is 2.26. The molecule has 0 saturated heterocycles. The first kappa shape index (κ1) is 15.9. The van der Waals surface area contributed by atoms with E-state index in [0.717, 1.165) is 10.7 Å². The molecule has 0 bridgehead atoms. The number of halogens is 3.